The number of nitrogens with one attached hydrogen (secondary N) is 1. The largest absolute Gasteiger partial charge is 0.454 e. The third kappa shape index (κ3) is 2.33. The van der Waals surface area contributed by atoms with Gasteiger partial charge in [-0.1, -0.05) is 18.2 Å². The van der Waals surface area contributed by atoms with Crippen LogP contribution in [0.2, 0.25) is 0 Å². The Labute approximate surface area is 97.2 Å². The highest BCUT2D eigenvalue weighted by Gasteiger charge is 2.15. The van der Waals surface area contributed by atoms with E-state index in [1.807, 2.05) is 36.4 Å². The molecule has 3 nitrogen and oxygen atoms in total. The quantitative estimate of drug-likeness (QED) is 0.646. The molecule has 0 bridgehead atoms. The van der Waals surface area contributed by atoms with Crippen LogP contribution in [0.1, 0.15) is 6.92 Å². The van der Waals surface area contributed by atoms with Gasteiger partial charge in [0.2, 0.25) is 5.05 Å². The van der Waals surface area contributed by atoms with Gasteiger partial charge >= 0.3 is 0 Å². The number of anilines is 1. The summed E-state index contributed by atoms with van der Waals surface area (Å²) in [5, 5.41) is 0.716. The van der Waals surface area contributed by atoms with E-state index in [2.05, 4.69) is 11.6 Å². The van der Waals surface area contributed by atoms with E-state index in [0.717, 1.165) is 12.0 Å². The highest BCUT2D eigenvalue weighted by molar-refractivity contribution is 8.18. The Kier molecular flexibility index (Phi) is 3.41. The van der Waals surface area contributed by atoms with Crippen LogP contribution in [-0.2, 0) is 9.53 Å². The highest BCUT2D eigenvalue weighted by atomic mass is 32.2. The van der Waals surface area contributed by atoms with Gasteiger partial charge in [-0.05, 0) is 35.8 Å². The molecule has 0 saturated heterocycles. The Morgan fingerprint density at radius 1 is 1.38 bits per heavy atom. The maximum Gasteiger partial charge on any atom is 0.209 e. The van der Waals surface area contributed by atoms with E-state index in [9.17, 15) is 4.79 Å². The first kappa shape index (κ1) is 11.0. The number of carbonyl (C=O) groups excluding carboxylic acids is 1. The van der Waals surface area contributed by atoms with E-state index in [1.54, 1.807) is 6.26 Å². The minimum Gasteiger partial charge on any atom is -0.454 e. The molecular weight excluding hydrogens is 222 g/mol. The van der Waals surface area contributed by atoms with Crippen molar-refractivity contribution in [3.05, 3.63) is 42.7 Å². The number of benzene rings is 1. The zero-order valence-corrected chi connectivity index (χ0v) is 9.74. The van der Waals surface area contributed by atoms with Gasteiger partial charge in [0.25, 0.3) is 0 Å². The van der Waals surface area contributed by atoms with E-state index in [0.29, 0.717) is 5.05 Å². The fourth-order valence-corrected chi connectivity index (χ4v) is 2.91. The standard InChI is InChI=1S/C12H13NO2S/c1-10-7-8-15-12(9-14)16(10)13-11-5-3-2-4-6-11/h2-10,13H,1H3. The van der Waals surface area contributed by atoms with Crippen molar-refractivity contribution in [1.29, 1.82) is 0 Å². The van der Waals surface area contributed by atoms with Crippen molar-refractivity contribution in [3.63, 3.8) is 0 Å². The lowest BCUT2D eigenvalue weighted by Gasteiger charge is -2.21. The van der Waals surface area contributed by atoms with Crippen LogP contribution in [0.3, 0.4) is 0 Å². The molecule has 0 aliphatic carbocycles. The number of carbonyl (C=O) groups is 1. The predicted octanol–water partition coefficient (Wildman–Crippen LogP) is 2.54. The second kappa shape index (κ2) is 4.99. The lowest BCUT2D eigenvalue weighted by Crippen LogP contribution is -2.16. The van der Waals surface area contributed by atoms with Crippen LogP contribution >= 0.6 is 10.7 Å². The first-order valence-electron chi connectivity index (χ1n) is 5.01. The minimum atomic E-state index is -0.389. The average molecular weight is 235 g/mol. The van der Waals surface area contributed by atoms with E-state index in [-0.39, 0.29) is 15.9 Å². The van der Waals surface area contributed by atoms with Crippen LogP contribution in [0, 0.1) is 0 Å². The van der Waals surface area contributed by atoms with Crippen molar-refractivity contribution in [2.24, 2.45) is 0 Å². The van der Waals surface area contributed by atoms with Gasteiger partial charge in [-0.2, -0.15) is 0 Å². The summed E-state index contributed by atoms with van der Waals surface area (Å²) in [6.07, 6.45) is 4.30. The zero-order chi connectivity index (χ0) is 11.4. The summed E-state index contributed by atoms with van der Waals surface area (Å²) in [6, 6.07) is 9.81. The number of hydrogen-bond acceptors (Lipinski definition) is 3. The molecule has 1 N–H and O–H groups in total. The van der Waals surface area contributed by atoms with E-state index < -0.39 is 0 Å². The zero-order valence-electron chi connectivity index (χ0n) is 8.92. The second-order valence-electron chi connectivity index (χ2n) is 3.39. The molecule has 0 amide bonds. The maximum atomic E-state index is 10.9. The number of ether oxygens (including phenoxy) is 1. The number of hydrogen-bond donors (Lipinski definition) is 1. The third-order valence-electron chi connectivity index (χ3n) is 2.22. The summed E-state index contributed by atoms with van der Waals surface area (Å²) in [5.74, 6) is 0. The Bertz CT molecular complexity index is 440. The maximum absolute atomic E-state index is 10.9. The van der Waals surface area contributed by atoms with Crippen molar-refractivity contribution in [3.8, 4) is 0 Å². The van der Waals surface area contributed by atoms with Gasteiger partial charge in [-0.3, -0.25) is 4.79 Å². The second-order valence-corrected chi connectivity index (χ2v) is 5.42. The van der Waals surface area contributed by atoms with E-state index in [1.165, 1.54) is 0 Å². The Balaban J connectivity index is 2.25. The topological polar surface area (TPSA) is 38.3 Å². The van der Waals surface area contributed by atoms with Gasteiger partial charge in [0.1, 0.15) is 0 Å². The van der Waals surface area contributed by atoms with Gasteiger partial charge in [-0.15, -0.1) is 0 Å². The van der Waals surface area contributed by atoms with Gasteiger partial charge in [0.05, 0.1) is 6.26 Å². The number of rotatable bonds is 3. The van der Waals surface area contributed by atoms with Gasteiger partial charge in [0, 0.05) is 10.9 Å². The smallest absolute Gasteiger partial charge is 0.209 e. The van der Waals surface area contributed by atoms with Crippen molar-refractivity contribution in [2.45, 2.75) is 12.2 Å². The summed E-state index contributed by atoms with van der Waals surface area (Å²) in [4.78, 5) is 10.9. The number of para-hydroxylation sites is 1. The Morgan fingerprint density at radius 2 is 2.12 bits per heavy atom. The molecule has 0 spiro atoms. The molecule has 1 aromatic rings. The summed E-state index contributed by atoms with van der Waals surface area (Å²) < 4.78 is 8.52. The van der Waals surface area contributed by atoms with Crippen molar-refractivity contribution in [2.75, 3.05) is 4.72 Å². The van der Waals surface area contributed by atoms with Crippen molar-refractivity contribution in [1.82, 2.24) is 0 Å². The van der Waals surface area contributed by atoms with Crippen LogP contribution < -0.4 is 4.72 Å². The molecule has 16 heavy (non-hydrogen) atoms. The van der Waals surface area contributed by atoms with Crippen molar-refractivity contribution >= 4 is 27.7 Å². The molecule has 2 unspecified atom stereocenters. The summed E-state index contributed by atoms with van der Waals surface area (Å²) in [7, 11) is -0.389. The SMILES string of the molecule is CC1C=COC(C=O)=S1Nc1ccccc1. The molecule has 1 aliphatic rings. The molecule has 0 saturated carbocycles. The van der Waals surface area contributed by atoms with Gasteiger partial charge in [0.15, 0.2) is 6.29 Å². The van der Waals surface area contributed by atoms with Crippen LogP contribution in [-0.4, -0.2) is 16.6 Å². The minimum absolute atomic E-state index is 0.258. The molecule has 2 rings (SSSR count). The fraction of sp³-hybridized carbons (Fsp3) is 0.167. The molecule has 2 atom stereocenters. The van der Waals surface area contributed by atoms with Crippen LogP contribution in [0.15, 0.2) is 42.7 Å². The van der Waals surface area contributed by atoms with Crippen LogP contribution in [0.25, 0.3) is 0 Å². The highest BCUT2D eigenvalue weighted by Crippen LogP contribution is 2.28. The molecular formula is C12H13NO2S. The molecule has 4 heteroatoms. The fourth-order valence-electron chi connectivity index (χ4n) is 1.39. The molecule has 1 aliphatic heterocycles. The van der Waals surface area contributed by atoms with Crippen LogP contribution in [0.4, 0.5) is 5.69 Å². The molecule has 0 fully saturated rings. The Hall–Kier alpha value is -1.55. The Morgan fingerprint density at radius 3 is 2.81 bits per heavy atom. The van der Waals surface area contributed by atoms with Gasteiger partial charge < -0.3 is 9.46 Å². The molecule has 1 heterocycles. The molecule has 0 aromatic heterocycles. The first-order chi connectivity index (χ1) is 7.81. The molecule has 0 radical (unpaired) electrons. The van der Waals surface area contributed by atoms with Crippen molar-refractivity contribution < 1.29 is 9.53 Å². The number of aldehydes is 1. The van der Waals surface area contributed by atoms with Crippen LogP contribution in [0.5, 0.6) is 0 Å². The summed E-state index contributed by atoms with van der Waals surface area (Å²) in [5.41, 5.74) is 0.996. The lowest BCUT2D eigenvalue weighted by molar-refractivity contribution is -0.103. The lowest BCUT2D eigenvalue weighted by atomic mass is 10.3. The first-order valence-corrected chi connectivity index (χ1v) is 6.30. The monoisotopic (exact) mass is 235 g/mol. The average Bonchev–Trinajstić information content (AvgIpc) is 2.33. The summed E-state index contributed by atoms with van der Waals surface area (Å²) in [6.45, 7) is 2.06. The molecule has 84 valence electrons. The van der Waals surface area contributed by atoms with E-state index >= 15 is 0 Å². The normalized spacial score (nSPS) is 23.7. The predicted molar refractivity (Wildman–Crippen MR) is 68.4 cm³/mol. The summed E-state index contributed by atoms with van der Waals surface area (Å²) >= 11 is 0. The molecule has 1 aromatic carbocycles. The van der Waals surface area contributed by atoms with Gasteiger partial charge in [-0.25, -0.2) is 0 Å². The third-order valence-corrected chi connectivity index (χ3v) is 4.20. The van der Waals surface area contributed by atoms with E-state index in [4.69, 9.17) is 4.74 Å².